The molecule has 0 saturated heterocycles. The van der Waals surface area contributed by atoms with Gasteiger partial charge in [0.25, 0.3) is 0 Å². The van der Waals surface area contributed by atoms with E-state index in [-0.39, 0.29) is 0 Å². The fourth-order valence-corrected chi connectivity index (χ4v) is 0.640. The topological polar surface area (TPSA) is 124 Å². The first-order chi connectivity index (χ1) is 5.37. The van der Waals surface area contributed by atoms with Crippen LogP contribution < -0.4 is 5.73 Å². The van der Waals surface area contributed by atoms with Crippen LogP contribution in [0.4, 0.5) is 0 Å². The number of aliphatic hydroxyl groups is 4. The summed E-state index contributed by atoms with van der Waals surface area (Å²) in [6, 6.07) is 0. The summed E-state index contributed by atoms with van der Waals surface area (Å²) in [5, 5.41) is 35.5. The Kier molecular flexibility index (Phi) is 4.11. The van der Waals surface area contributed by atoms with Crippen LogP contribution >= 0.6 is 0 Å². The van der Waals surface area contributed by atoms with E-state index in [1.54, 1.807) is 0 Å². The molecule has 6 N–H and O–H groups in total. The van der Waals surface area contributed by atoms with Crippen molar-refractivity contribution < 1.29 is 25.2 Å². The van der Waals surface area contributed by atoms with Crippen LogP contribution in [0.25, 0.3) is 0 Å². The van der Waals surface area contributed by atoms with Crippen molar-refractivity contribution in [1.82, 2.24) is 0 Å². The highest BCUT2D eigenvalue weighted by atomic mass is 16.4. The monoisotopic (exact) mass is 179 g/mol. The Bertz CT molecular complexity index is 160. The van der Waals surface area contributed by atoms with Gasteiger partial charge in [0, 0.05) is 0 Å². The normalized spacial score (nSPS) is 21.1. The summed E-state index contributed by atoms with van der Waals surface area (Å²) in [6.07, 6.45) is -6.46. The Morgan fingerprint density at radius 1 is 1.17 bits per heavy atom. The van der Waals surface area contributed by atoms with Gasteiger partial charge in [0.05, 0.1) is 6.10 Å². The smallest absolute Gasteiger partial charge is 0.249 e. The molecular formula is C6H13NO5. The van der Waals surface area contributed by atoms with E-state index >= 15 is 0 Å². The maximum Gasteiger partial charge on any atom is 0.249 e. The summed E-state index contributed by atoms with van der Waals surface area (Å²) >= 11 is 0. The zero-order valence-corrected chi connectivity index (χ0v) is 6.58. The standard InChI is InChI=1S/C6H13NO5/c1-2(8)3(9)4(10)5(11)6(7)12/h2-5,8-11H,1H3,(H2,7,12)/t2-,3-,4+,5-/m1/s1. The SMILES string of the molecule is C[C@@H](O)[C@@H](O)[C@H](O)[C@@H](O)C(N)=O. The van der Waals surface area contributed by atoms with Gasteiger partial charge in [-0.15, -0.1) is 0 Å². The first kappa shape index (κ1) is 11.3. The number of nitrogens with two attached hydrogens (primary N) is 1. The van der Waals surface area contributed by atoms with Crippen LogP contribution in [0.1, 0.15) is 6.92 Å². The van der Waals surface area contributed by atoms with Gasteiger partial charge >= 0.3 is 0 Å². The second-order valence-electron chi connectivity index (χ2n) is 2.57. The molecule has 12 heavy (non-hydrogen) atoms. The van der Waals surface area contributed by atoms with Crippen LogP contribution in [-0.4, -0.2) is 50.7 Å². The lowest BCUT2D eigenvalue weighted by Gasteiger charge is -2.22. The van der Waals surface area contributed by atoms with Crippen LogP contribution in [-0.2, 0) is 4.79 Å². The second-order valence-corrected chi connectivity index (χ2v) is 2.57. The van der Waals surface area contributed by atoms with Gasteiger partial charge in [0.2, 0.25) is 5.91 Å². The van der Waals surface area contributed by atoms with Crippen molar-refractivity contribution in [2.45, 2.75) is 31.3 Å². The molecular weight excluding hydrogens is 166 g/mol. The van der Waals surface area contributed by atoms with Gasteiger partial charge in [-0.25, -0.2) is 0 Å². The lowest BCUT2D eigenvalue weighted by molar-refractivity contribution is -0.142. The molecule has 0 aliphatic carbocycles. The molecule has 0 rings (SSSR count). The van der Waals surface area contributed by atoms with Crippen molar-refractivity contribution in [3.63, 3.8) is 0 Å². The molecule has 0 fully saturated rings. The highest BCUT2D eigenvalue weighted by molar-refractivity contribution is 5.79. The molecule has 0 aromatic rings. The second kappa shape index (κ2) is 4.36. The van der Waals surface area contributed by atoms with Crippen molar-refractivity contribution >= 4 is 5.91 Å². The highest BCUT2D eigenvalue weighted by Gasteiger charge is 2.31. The molecule has 0 unspecified atom stereocenters. The average Bonchev–Trinajstić information content (AvgIpc) is 2.00. The van der Waals surface area contributed by atoms with Gasteiger partial charge in [-0.05, 0) is 6.92 Å². The third-order valence-corrected chi connectivity index (χ3v) is 1.46. The summed E-state index contributed by atoms with van der Waals surface area (Å²) in [6.45, 7) is 1.21. The van der Waals surface area contributed by atoms with Crippen molar-refractivity contribution in [2.24, 2.45) is 5.73 Å². The maximum atomic E-state index is 10.3. The molecule has 6 heteroatoms. The van der Waals surface area contributed by atoms with Crippen molar-refractivity contribution in [3.8, 4) is 0 Å². The van der Waals surface area contributed by atoms with Crippen LogP contribution in [0.2, 0.25) is 0 Å². The Morgan fingerprint density at radius 2 is 1.58 bits per heavy atom. The quantitative estimate of drug-likeness (QED) is 0.313. The van der Waals surface area contributed by atoms with Crippen LogP contribution in [0.3, 0.4) is 0 Å². The summed E-state index contributed by atoms with van der Waals surface area (Å²) in [5.74, 6) is -1.15. The van der Waals surface area contributed by atoms with E-state index in [0.717, 1.165) is 0 Å². The van der Waals surface area contributed by atoms with E-state index in [0.29, 0.717) is 0 Å². The molecule has 72 valence electrons. The molecule has 6 nitrogen and oxygen atoms in total. The number of aliphatic hydroxyl groups excluding tert-OH is 4. The van der Waals surface area contributed by atoms with Gasteiger partial charge in [0.15, 0.2) is 6.10 Å². The Labute approximate surface area is 69.2 Å². The number of rotatable bonds is 4. The van der Waals surface area contributed by atoms with Crippen LogP contribution in [0.5, 0.6) is 0 Å². The van der Waals surface area contributed by atoms with Crippen LogP contribution in [0, 0.1) is 0 Å². The number of primary amides is 1. The Balaban J connectivity index is 4.18. The van der Waals surface area contributed by atoms with E-state index in [4.69, 9.17) is 20.4 Å². The minimum atomic E-state index is -1.87. The molecule has 0 aromatic heterocycles. The summed E-state index contributed by atoms with van der Waals surface area (Å²) < 4.78 is 0. The third kappa shape index (κ3) is 2.74. The minimum absolute atomic E-state index is 1.15. The molecule has 0 aromatic carbocycles. The summed E-state index contributed by atoms with van der Waals surface area (Å²) in [7, 11) is 0. The Morgan fingerprint density at radius 3 is 1.83 bits per heavy atom. The molecule has 1 amide bonds. The van der Waals surface area contributed by atoms with E-state index in [1.807, 2.05) is 0 Å². The number of amides is 1. The van der Waals surface area contributed by atoms with E-state index in [9.17, 15) is 4.79 Å². The molecule has 0 aliphatic heterocycles. The summed E-state index contributed by atoms with van der Waals surface area (Å²) in [4.78, 5) is 10.3. The molecule has 0 aliphatic rings. The van der Waals surface area contributed by atoms with E-state index in [2.05, 4.69) is 5.73 Å². The predicted molar refractivity (Wildman–Crippen MR) is 38.9 cm³/mol. The molecule has 0 bridgehead atoms. The molecule has 0 radical (unpaired) electrons. The average molecular weight is 179 g/mol. The summed E-state index contributed by atoms with van der Waals surface area (Å²) in [5.41, 5.74) is 4.63. The zero-order valence-electron chi connectivity index (χ0n) is 6.58. The Hall–Kier alpha value is -0.690. The number of hydrogen-bond donors (Lipinski definition) is 5. The van der Waals surface area contributed by atoms with Crippen molar-refractivity contribution in [3.05, 3.63) is 0 Å². The van der Waals surface area contributed by atoms with Gasteiger partial charge in [0.1, 0.15) is 12.2 Å². The number of carbonyl (C=O) groups excluding carboxylic acids is 1. The minimum Gasteiger partial charge on any atom is -0.391 e. The first-order valence-electron chi connectivity index (χ1n) is 3.39. The van der Waals surface area contributed by atoms with Gasteiger partial charge in [-0.1, -0.05) is 0 Å². The molecule has 4 atom stereocenters. The molecule has 0 saturated carbocycles. The lowest BCUT2D eigenvalue weighted by Crippen LogP contribution is -2.48. The zero-order chi connectivity index (χ0) is 9.89. The highest BCUT2D eigenvalue weighted by Crippen LogP contribution is 2.03. The lowest BCUT2D eigenvalue weighted by atomic mass is 10.0. The molecule has 0 heterocycles. The largest absolute Gasteiger partial charge is 0.391 e. The maximum absolute atomic E-state index is 10.3. The van der Waals surface area contributed by atoms with Crippen molar-refractivity contribution in [1.29, 1.82) is 0 Å². The van der Waals surface area contributed by atoms with E-state index < -0.39 is 30.3 Å². The first-order valence-corrected chi connectivity index (χ1v) is 3.39. The van der Waals surface area contributed by atoms with E-state index in [1.165, 1.54) is 6.92 Å². The fourth-order valence-electron chi connectivity index (χ4n) is 0.640. The number of hydrogen-bond acceptors (Lipinski definition) is 5. The number of carbonyl (C=O) groups is 1. The van der Waals surface area contributed by atoms with Gasteiger partial charge in [-0.3, -0.25) is 4.79 Å². The fraction of sp³-hybridized carbons (Fsp3) is 0.833. The van der Waals surface area contributed by atoms with Crippen LogP contribution in [0.15, 0.2) is 0 Å². The molecule has 0 spiro atoms. The predicted octanol–water partition coefficient (Wildman–Crippen LogP) is -3.06. The van der Waals surface area contributed by atoms with Gasteiger partial charge in [-0.2, -0.15) is 0 Å². The van der Waals surface area contributed by atoms with Crippen molar-refractivity contribution in [2.75, 3.05) is 0 Å². The third-order valence-electron chi connectivity index (χ3n) is 1.46. The van der Waals surface area contributed by atoms with Gasteiger partial charge < -0.3 is 26.2 Å².